The first-order chi connectivity index (χ1) is 22.5. The Hall–Kier alpha value is -4.43. The summed E-state index contributed by atoms with van der Waals surface area (Å²) in [5, 5.41) is 3.03. The highest BCUT2D eigenvalue weighted by molar-refractivity contribution is 7.92. The Morgan fingerprint density at radius 1 is 0.787 bits per heavy atom. The largest absolute Gasteiger partial charge is 0.354 e. The highest BCUT2D eigenvalue weighted by Gasteiger charge is 2.34. The number of benzene rings is 4. The third kappa shape index (κ3) is 9.55. The van der Waals surface area contributed by atoms with Crippen LogP contribution in [0.3, 0.4) is 0 Å². The summed E-state index contributed by atoms with van der Waals surface area (Å²) in [7, 11) is -4.15. The second-order valence-electron chi connectivity index (χ2n) is 12.4. The van der Waals surface area contributed by atoms with Crippen LogP contribution in [-0.4, -0.2) is 44.3 Å². The van der Waals surface area contributed by atoms with Gasteiger partial charge in [0.1, 0.15) is 12.6 Å². The first kappa shape index (κ1) is 35.4. The molecule has 1 atom stereocenters. The number of hydrogen-bond donors (Lipinski definition) is 1. The molecule has 4 aromatic rings. The van der Waals surface area contributed by atoms with Crippen molar-refractivity contribution in [2.24, 2.45) is 0 Å². The van der Waals surface area contributed by atoms with Gasteiger partial charge in [0.05, 0.1) is 10.6 Å². The third-order valence-electron chi connectivity index (χ3n) is 8.27. The number of anilines is 1. The van der Waals surface area contributed by atoms with Crippen molar-refractivity contribution in [1.29, 1.82) is 0 Å². The van der Waals surface area contributed by atoms with E-state index < -0.39 is 28.5 Å². The molecule has 0 aromatic heterocycles. The number of aryl methyl sites for hydroxylation is 2. The fourth-order valence-electron chi connectivity index (χ4n) is 5.46. The molecular formula is C39H47N3O4S. The number of rotatable bonds is 15. The summed E-state index contributed by atoms with van der Waals surface area (Å²) in [6.07, 6.45) is 2.01. The number of carbonyl (C=O) groups excluding carboxylic acids is 2. The van der Waals surface area contributed by atoms with Crippen molar-refractivity contribution in [3.05, 3.63) is 131 Å². The first-order valence-corrected chi connectivity index (χ1v) is 17.8. The van der Waals surface area contributed by atoms with Gasteiger partial charge in [0.25, 0.3) is 10.0 Å². The highest BCUT2D eigenvalue weighted by atomic mass is 32.2. The maximum Gasteiger partial charge on any atom is 0.264 e. The van der Waals surface area contributed by atoms with Crippen LogP contribution in [0.4, 0.5) is 5.69 Å². The molecule has 4 aromatic carbocycles. The van der Waals surface area contributed by atoms with Gasteiger partial charge in [-0.1, -0.05) is 117 Å². The molecule has 0 radical (unpaired) electrons. The maximum absolute atomic E-state index is 14.6. The van der Waals surface area contributed by atoms with Gasteiger partial charge in [-0.2, -0.15) is 0 Å². The molecule has 0 saturated carbocycles. The molecule has 248 valence electrons. The van der Waals surface area contributed by atoms with Crippen LogP contribution in [0.1, 0.15) is 67.3 Å². The average Bonchev–Trinajstić information content (AvgIpc) is 3.06. The van der Waals surface area contributed by atoms with Crippen LogP contribution in [0.2, 0.25) is 0 Å². The summed E-state index contributed by atoms with van der Waals surface area (Å²) < 4.78 is 29.7. The lowest BCUT2D eigenvalue weighted by molar-refractivity contribution is -0.140. The zero-order valence-electron chi connectivity index (χ0n) is 28.1. The molecule has 1 N–H and O–H groups in total. The van der Waals surface area contributed by atoms with E-state index in [1.807, 2.05) is 80.6 Å². The number of carbonyl (C=O) groups is 2. The molecule has 0 saturated heterocycles. The standard InChI is InChI=1S/C39H47N3O4S/c1-6-7-24-40-39(44)37(26-32-13-9-8-10-14-32)41(27-33-15-11-12-31(5)25-33)38(43)28-42(35-20-18-34(19-21-35)29(2)3)47(45,46)36-22-16-30(4)17-23-36/h8-23,25,29,37H,6-7,24,26-28H2,1-5H3,(H,40,44). The third-order valence-corrected chi connectivity index (χ3v) is 10.1. The minimum atomic E-state index is -4.15. The van der Waals surface area contributed by atoms with Crippen molar-refractivity contribution < 1.29 is 18.0 Å². The van der Waals surface area contributed by atoms with E-state index in [1.165, 1.54) is 4.31 Å². The van der Waals surface area contributed by atoms with E-state index in [-0.39, 0.29) is 29.7 Å². The fraction of sp³-hybridized carbons (Fsp3) is 0.333. The number of unbranched alkanes of at least 4 members (excludes halogenated alkanes) is 1. The van der Waals surface area contributed by atoms with Crippen LogP contribution in [0, 0.1) is 13.8 Å². The molecule has 7 nitrogen and oxygen atoms in total. The quantitative estimate of drug-likeness (QED) is 0.138. The van der Waals surface area contributed by atoms with E-state index in [0.29, 0.717) is 12.2 Å². The van der Waals surface area contributed by atoms with E-state index in [0.717, 1.165) is 40.7 Å². The van der Waals surface area contributed by atoms with Gasteiger partial charge >= 0.3 is 0 Å². The van der Waals surface area contributed by atoms with E-state index in [1.54, 1.807) is 41.3 Å². The van der Waals surface area contributed by atoms with Gasteiger partial charge in [-0.05, 0) is 67.1 Å². The predicted octanol–water partition coefficient (Wildman–Crippen LogP) is 7.18. The zero-order chi connectivity index (χ0) is 34.0. The molecule has 0 heterocycles. The molecule has 47 heavy (non-hydrogen) atoms. The van der Waals surface area contributed by atoms with Crippen LogP contribution < -0.4 is 9.62 Å². The Kier molecular flexibility index (Phi) is 12.4. The zero-order valence-corrected chi connectivity index (χ0v) is 29.0. The summed E-state index contributed by atoms with van der Waals surface area (Å²) in [4.78, 5) is 30.2. The molecule has 0 bridgehead atoms. The van der Waals surface area contributed by atoms with Crippen LogP contribution in [0.5, 0.6) is 0 Å². The van der Waals surface area contributed by atoms with E-state index in [9.17, 15) is 18.0 Å². The lowest BCUT2D eigenvalue weighted by atomic mass is 10.0. The van der Waals surface area contributed by atoms with Gasteiger partial charge in [-0.3, -0.25) is 13.9 Å². The normalized spacial score (nSPS) is 12.0. The van der Waals surface area contributed by atoms with Gasteiger partial charge in [-0.15, -0.1) is 0 Å². The Labute approximate surface area is 280 Å². The average molecular weight is 654 g/mol. The molecule has 8 heteroatoms. The number of nitrogens with zero attached hydrogens (tertiary/aromatic N) is 2. The summed E-state index contributed by atoms with van der Waals surface area (Å²) >= 11 is 0. The first-order valence-electron chi connectivity index (χ1n) is 16.4. The van der Waals surface area contributed by atoms with Crippen molar-refractivity contribution >= 4 is 27.5 Å². The molecule has 0 aliphatic rings. The minimum Gasteiger partial charge on any atom is -0.354 e. The summed E-state index contributed by atoms with van der Waals surface area (Å²) in [6, 6.07) is 30.4. The van der Waals surface area contributed by atoms with Crippen molar-refractivity contribution in [3.63, 3.8) is 0 Å². The van der Waals surface area contributed by atoms with Gasteiger partial charge in [-0.25, -0.2) is 8.42 Å². The Morgan fingerprint density at radius 3 is 2.06 bits per heavy atom. The number of amides is 2. The molecule has 0 fully saturated rings. The molecule has 1 unspecified atom stereocenters. The molecule has 0 spiro atoms. The second kappa shape index (κ2) is 16.4. The topological polar surface area (TPSA) is 86.8 Å². The molecule has 4 rings (SSSR count). The van der Waals surface area contributed by atoms with Gasteiger partial charge in [0.15, 0.2) is 0 Å². The van der Waals surface area contributed by atoms with Gasteiger partial charge in [0, 0.05) is 19.5 Å². The minimum absolute atomic E-state index is 0.0900. The second-order valence-corrected chi connectivity index (χ2v) is 14.3. The lowest BCUT2D eigenvalue weighted by Gasteiger charge is -2.34. The van der Waals surface area contributed by atoms with Crippen molar-refractivity contribution in [2.75, 3.05) is 17.4 Å². The fourth-order valence-corrected chi connectivity index (χ4v) is 6.87. The van der Waals surface area contributed by atoms with E-state index >= 15 is 0 Å². The molecule has 0 aliphatic heterocycles. The van der Waals surface area contributed by atoms with Crippen molar-refractivity contribution in [2.45, 2.75) is 77.3 Å². The highest BCUT2D eigenvalue weighted by Crippen LogP contribution is 2.27. The van der Waals surface area contributed by atoms with Gasteiger partial charge < -0.3 is 10.2 Å². The smallest absolute Gasteiger partial charge is 0.264 e. The summed E-state index contributed by atoms with van der Waals surface area (Å²) in [6.45, 7) is 10.2. The van der Waals surface area contributed by atoms with Crippen LogP contribution in [-0.2, 0) is 32.6 Å². The Morgan fingerprint density at radius 2 is 1.45 bits per heavy atom. The molecular weight excluding hydrogens is 607 g/mol. The Balaban J connectivity index is 1.80. The summed E-state index contributed by atoms with van der Waals surface area (Å²) in [5.41, 5.74) is 5.14. The monoisotopic (exact) mass is 653 g/mol. The van der Waals surface area contributed by atoms with E-state index in [2.05, 4.69) is 26.1 Å². The number of nitrogens with one attached hydrogen (secondary N) is 1. The molecule has 2 amide bonds. The lowest BCUT2D eigenvalue weighted by Crippen LogP contribution is -2.53. The molecule has 0 aliphatic carbocycles. The summed E-state index contributed by atoms with van der Waals surface area (Å²) in [5.74, 6) is -0.484. The van der Waals surface area contributed by atoms with Crippen LogP contribution >= 0.6 is 0 Å². The number of hydrogen-bond acceptors (Lipinski definition) is 4. The Bertz CT molecular complexity index is 1720. The SMILES string of the molecule is CCCCNC(=O)C(Cc1ccccc1)N(Cc1cccc(C)c1)C(=O)CN(c1ccc(C(C)C)cc1)S(=O)(=O)c1ccc(C)cc1. The number of sulfonamides is 1. The van der Waals surface area contributed by atoms with Crippen LogP contribution in [0.15, 0.2) is 108 Å². The van der Waals surface area contributed by atoms with Crippen molar-refractivity contribution in [3.8, 4) is 0 Å². The van der Waals surface area contributed by atoms with Gasteiger partial charge in [0.2, 0.25) is 11.8 Å². The maximum atomic E-state index is 14.6. The van der Waals surface area contributed by atoms with Crippen molar-refractivity contribution in [1.82, 2.24) is 10.2 Å². The van der Waals surface area contributed by atoms with Crippen LogP contribution in [0.25, 0.3) is 0 Å². The predicted molar refractivity (Wildman–Crippen MR) is 190 cm³/mol. The van der Waals surface area contributed by atoms with E-state index in [4.69, 9.17) is 0 Å².